The average Bonchev–Trinajstić information content (AvgIpc) is 2.48. The SMILES string of the molecule is COc1cccc(C#N)c1NC1CCN(C(N)=O)CC1. The number of nitrogens with two attached hydrogens (primary N) is 1. The fourth-order valence-electron chi connectivity index (χ4n) is 2.39. The summed E-state index contributed by atoms with van der Waals surface area (Å²) in [5, 5.41) is 12.5. The quantitative estimate of drug-likeness (QED) is 0.874. The molecule has 0 unspecified atom stereocenters. The Morgan fingerprint density at radius 1 is 1.50 bits per heavy atom. The molecule has 0 aromatic heterocycles. The fourth-order valence-corrected chi connectivity index (χ4v) is 2.39. The molecular weight excluding hydrogens is 256 g/mol. The lowest BCUT2D eigenvalue weighted by Crippen LogP contribution is -2.44. The van der Waals surface area contributed by atoms with Gasteiger partial charge in [-0.3, -0.25) is 0 Å². The van der Waals surface area contributed by atoms with Crippen LogP contribution in [0, 0.1) is 11.3 Å². The summed E-state index contributed by atoms with van der Waals surface area (Å²) in [6.45, 7) is 1.26. The molecule has 6 heteroatoms. The maximum atomic E-state index is 11.1. The van der Waals surface area contributed by atoms with E-state index in [1.807, 2.05) is 6.07 Å². The third-order valence-corrected chi connectivity index (χ3v) is 3.52. The van der Waals surface area contributed by atoms with Gasteiger partial charge in [0.1, 0.15) is 11.8 Å². The highest BCUT2D eigenvalue weighted by atomic mass is 16.5. The molecule has 0 spiro atoms. The van der Waals surface area contributed by atoms with Gasteiger partial charge < -0.3 is 20.7 Å². The Labute approximate surface area is 118 Å². The molecule has 3 N–H and O–H groups in total. The van der Waals surface area contributed by atoms with Crippen LogP contribution >= 0.6 is 0 Å². The van der Waals surface area contributed by atoms with Gasteiger partial charge in [0.15, 0.2) is 0 Å². The van der Waals surface area contributed by atoms with Crippen molar-refractivity contribution >= 4 is 11.7 Å². The summed E-state index contributed by atoms with van der Waals surface area (Å²) in [6, 6.07) is 7.35. The van der Waals surface area contributed by atoms with Crippen molar-refractivity contribution in [2.75, 3.05) is 25.5 Å². The largest absolute Gasteiger partial charge is 0.495 e. The van der Waals surface area contributed by atoms with Gasteiger partial charge in [-0.15, -0.1) is 0 Å². The van der Waals surface area contributed by atoms with Crippen molar-refractivity contribution in [3.8, 4) is 11.8 Å². The molecule has 1 saturated heterocycles. The van der Waals surface area contributed by atoms with Gasteiger partial charge >= 0.3 is 6.03 Å². The number of nitrogens with one attached hydrogen (secondary N) is 1. The molecule has 20 heavy (non-hydrogen) atoms. The Morgan fingerprint density at radius 2 is 2.20 bits per heavy atom. The van der Waals surface area contributed by atoms with Crippen molar-refractivity contribution in [2.45, 2.75) is 18.9 Å². The molecule has 1 aromatic carbocycles. The third kappa shape index (κ3) is 2.94. The van der Waals surface area contributed by atoms with Gasteiger partial charge in [0.25, 0.3) is 0 Å². The van der Waals surface area contributed by atoms with Gasteiger partial charge in [0.2, 0.25) is 0 Å². The topological polar surface area (TPSA) is 91.4 Å². The van der Waals surface area contributed by atoms with Gasteiger partial charge in [-0.1, -0.05) is 6.07 Å². The van der Waals surface area contributed by atoms with Crippen molar-refractivity contribution < 1.29 is 9.53 Å². The Morgan fingerprint density at radius 3 is 2.75 bits per heavy atom. The summed E-state index contributed by atoms with van der Waals surface area (Å²) in [6.07, 6.45) is 1.59. The smallest absolute Gasteiger partial charge is 0.314 e. The number of nitriles is 1. The van der Waals surface area contributed by atoms with Crippen LogP contribution in [0.3, 0.4) is 0 Å². The third-order valence-electron chi connectivity index (χ3n) is 3.52. The molecule has 1 aliphatic rings. The van der Waals surface area contributed by atoms with Crippen molar-refractivity contribution in [3.05, 3.63) is 23.8 Å². The number of amides is 2. The lowest BCUT2D eigenvalue weighted by Gasteiger charge is -2.32. The molecule has 0 radical (unpaired) electrons. The van der Waals surface area contributed by atoms with Crippen molar-refractivity contribution in [2.24, 2.45) is 5.73 Å². The van der Waals surface area contributed by atoms with E-state index in [0.29, 0.717) is 24.4 Å². The summed E-state index contributed by atoms with van der Waals surface area (Å²) in [7, 11) is 1.58. The van der Waals surface area contributed by atoms with Crippen LogP contribution < -0.4 is 15.8 Å². The second kappa shape index (κ2) is 6.15. The number of likely N-dealkylation sites (tertiary alicyclic amines) is 1. The van der Waals surface area contributed by atoms with Crippen LogP contribution in [0.15, 0.2) is 18.2 Å². The van der Waals surface area contributed by atoms with Crippen LogP contribution in [0.1, 0.15) is 18.4 Å². The molecule has 1 heterocycles. The second-order valence-corrected chi connectivity index (χ2v) is 4.74. The summed E-state index contributed by atoms with van der Waals surface area (Å²) in [5.74, 6) is 0.654. The maximum absolute atomic E-state index is 11.1. The van der Waals surface area contributed by atoms with E-state index in [1.54, 1.807) is 24.1 Å². The highest BCUT2D eigenvalue weighted by Crippen LogP contribution is 2.30. The Balaban J connectivity index is 2.08. The van der Waals surface area contributed by atoms with Crippen molar-refractivity contribution in [3.63, 3.8) is 0 Å². The zero-order valence-corrected chi connectivity index (χ0v) is 11.4. The van der Waals surface area contributed by atoms with E-state index in [-0.39, 0.29) is 12.1 Å². The van der Waals surface area contributed by atoms with E-state index in [4.69, 9.17) is 15.7 Å². The molecule has 0 atom stereocenters. The highest BCUT2D eigenvalue weighted by Gasteiger charge is 2.22. The van der Waals surface area contributed by atoms with E-state index in [1.165, 1.54) is 0 Å². The number of ether oxygens (including phenoxy) is 1. The first-order valence-corrected chi connectivity index (χ1v) is 6.53. The minimum Gasteiger partial charge on any atom is -0.495 e. The number of hydrogen-bond acceptors (Lipinski definition) is 4. The van der Waals surface area contributed by atoms with E-state index in [2.05, 4.69) is 11.4 Å². The average molecular weight is 274 g/mol. The number of nitrogens with zero attached hydrogens (tertiary/aromatic N) is 2. The molecule has 2 rings (SSSR count). The number of methoxy groups -OCH3 is 1. The van der Waals surface area contributed by atoms with Gasteiger partial charge in [0.05, 0.1) is 18.4 Å². The van der Waals surface area contributed by atoms with Crippen LogP contribution in [-0.4, -0.2) is 37.2 Å². The fraction of sp³-hybridized carbons (Fsp3) is 0.429. The van der Waals surface area contributed by atoms with Crippen LogP contribution in [0.2, 0.25) is 0 Å². The summed E-state index contributed by atoms with van der Waals surface area (Å²) >= 11 is 0. The van der Waals surface area contributed by atoms with Gasteiger partial charge in [0, 0.05) is 19.1 Å². The molecule has 0 aliphatic carbocycles. The van der Waals surface area contributed by atoms with Gasteiger partial charge in [-0.25, -0.2) is 4.79 Å². The first-order chi connectivity index (χ1) is 9.65. The predicted molar refractivity (Wildman–Crippen MR) is 75.5 cm³/mol. The minimum absolute atomic E-state index is 0.203. The van der Waals surface area contributed by atoms with Crippen LogP contribution in [0.25, 0.3) is 0 Å². The normalized spacial score (nSPS) is 15.5. The van der Waals surface area contributed by atoms with Crippen molar-refractivity contribution in [1.29, 1.82) is 5.26 Å². The molecule has 106 valence electrons. The lowest BCUT2D eigenvalue weighted by molar-refractivity contribution is 0.193. The number of hydrogen-bond donors (Lipinski definition) is 2. The van der Waals surface area contributed by atoms with E-state index in [9.17, 15) is 4.79 Å². The van der Waals surface area contributed by atoms with Crippen LogP contribution in [-0.2, 0) is 0 Å². The number of benzene rings is 1. The molecule has 1 aliphatic heterocycles. The molecule has 0 bridgehead atoms. The van der Waals surface area contributed by atoms with Gasteiger partial charge in [-0.2, -0.15) is 5.26 Å². The standard InChI is InChI=1S/C14H18N4O2/c1-20-12-4-2-3-10(9-15)13(12)17-11-5-7-18(8-6-11)14(16)19/h2-4,11,17H,5-8H2,1H3,(H2,16,19). The van der Waals surface area contributed by atoms with Crippen molar-refractivity contribution in [1.82, 2.24) is 4.90 Å². The number of primary amides is 1. The number of anilines is 1. The van der Waals surface area contributed by atoms with Crippen LogP contribution in [0.5, 0.6) is 5.75 Å². The van der Waals surface area contributed by atoms with E-state index < -0.39 is 0 Å². The number of carbonyl (C=O) groups excluding carboxylic acids is 1. The van der Waals surface area contributed by atoms with Crippen LogP contribution in [0.4, 0.5) is 10.5 Å². The maximum Gasteiger partial charge on any atom is 0.314 e. The zero-order chi connectivity index (χ0) is 14.5. The highest BCUT2D eigenvalue weighted by molar-refractivity contribution is 5.72. The Hall–Kier alpha value is -2.42. The number of carbonyl (C=O) groups is 1. The number of piperidine rings is 1. The van der Waals surface area contributed by atoms with E-state index >= 15 is 0 Å². The Bertz CT molecular complexity index is 530. The van der Waals surface area contributed by atoms with Gasteiger partial charge in [-0.05, 0) is 25.0 Å². The number of para-hydroxylation sites is 1. The molecule has 6 nitrogen and oxygen atoms in total. The first kappa shape index (κ1) is 14.0. The monoisotopic (exact) mass is 274 g/mol. The second-order valence-electron chi connectivity index (χ2n) is 4.74. The molecule has 1 aromatic rings. The lowest BCUT2D eigenvalue weighted by atomic mass is 10.0. The molecule has 1 fully saturated rings. The summed E-state index contributed by atoms with van der Waals surface area (Å²) < 4.78 is 5.29. The predicted octanol–water partition coefficient (Wildman–Crippen LogP) is 1.52. The van der Waals surface area contributed by atoms with E-state index in [0.717, 1.165) is 18.5 Å². The molecule has 2 amide bonds. The first-order valence-electron chi connectivity index (χ1n) is 6.53. The number of rotatable bonds is 3. The Kier molecular flexibility index (Phi) is 4.31. The summed E-state index contributed by atoms with van der Waals surface area (Å²) in [4.78, 5) is 12.7. The molecule has 0 saturated carbocycles. The summed E-state index contributed by atoms with van der Waals surface area (Å²) in [5.41, 5.74) is 6.53. The zero-order valence-electron chi connectivity index (χ0n) is 11.4. The minimum atomic E-state index is -0.376. The number of urea groups is 1. The molecular formula is C14H18N4O2.